The highest BCUT2D eigenvalue weighted by Crippen LogP contribution is 2.33. The second-order valence-corrected chi connectivity index (χ2v) is 13.8. The van der Waals surface area contributed by atoms with Crippen molar-refractivity contribution in [3.63, 3.8) is 0 Å². The van der Waals surface area contributed by atoms with Gasteiger partial charge in [0, 0.05) is 25.7 Å². The minimum absolute atomic E-state index is 0.0273. The van der Waals surface area contributed by atoms with Gasteiger partial charge >= 0.3 is 0 Å². The molecule has 4 rings (SSSR count). The average Bonchev–Trinajstić information content (AvgIpc) is 2.98. The monoisotopic (exact) mass is 569 g/mol. The van der Waals surface area contributed by atoms with Gasteiger partial charge < -0.3 is 15.0 Å². The topological polar surface area (TPSA) is 79.0 Å². The van der Waals surface area contributed by atoms with E-state index in [-0.39, 0.29) is 18.4 Å². The lowest BCUT2D eigenvalue weighted by molar-refractivity contribution is -0.126. The van der Waals surface area contributed by atoms with Gasteiger partial charge in [-0.1, -0.05) is 48.5 Å². The van der Waals surface area contributed by atoms with Gasteiger partial charge in [0.1, 0.15) is 6.61 Å². The van der Waals surface area contributed by atoms with E-state index < -0.39 is 10.0 Å². The van der Waals surface area contributed by atoms with Crippen LogP contribution in [0.1, 0.15) is 50.5 Å². The summed E-state index contributed by atoms with van der Waals surface area (Å²) in [6.07, 6.45) is 8.71. The van der Waals surface area contributed by atoms with Gasteiger partial charge in [0.25, 0.3) is 0 Å². The molecule has 1 saturated heterocycles. The minimum atomic E-state index is -3.49. The van der Waals surface area contributed by atoms with Crippen LogP contribution in [-0.4, -0.2) is 76.5 Å². The number of hydrogen-bond acceptors (Lipinski definition) is 5. The summed E-state index contributed by atoms with van der Waals surface area (Å²) < 4.78 is 33.2. The number of benzene rings is 2. The summed E-state index contributed by atoms with van der Waals surface area (Å²) in [7, 11) is 0.915. The molecule has 2 aromatic carbocycles. The van der Waals surface area contributed by atoms with Crippen molar-refractivity contribution in [2.75, 3.05) is 46.9 Å². The molecule has 1 aliphatic carbocycles. The summed E-state index contributed by atoms with van der Waals surface area (Å²) in [6.45, 7) is 2.09. The third-order valence-corrected chi connectivity index (χ3v) is 10.6. The van der Waals surface area contributed by atoms with Gasteiger partial charge in [0.05, 0.1) is 11.5 Å². The number of sulfonamides is 1. The van der Waals surface area contributed by atoms with Gasteiger partial charge in [-0.05, 0) is 101 Å². The second kappa shape index (κ2) is 15.1. The standard InChI is InChI=1S/C32H47N3O4S/c1-34(2)31(20-17-26-10-5-3-6-11-26)29-18-15-27(16-19-29)22-33-32(36)25-39-24-28-12-9-21-35(23-28)40(37,38)30-13-7-4-8-14-30/h3-8,10-11,13-14,27-29,31H,9,12,15-25H2,1-2H3,(H,33,36). The van der Waals surface area contributed by atoms with Crippen LogP contribution in [0, 0.1) is 17.8 Å². The molecule has 2 aliphatic rings. The molecular formula is C32H47N3O4S. The number of hydrogen-bond donors (Lipinski definition) is 1. The molecule has 2 aromatic rings. The van der Waals surface area contributed by atoms with Crippen LogP contribution in [0.3, 0.4) is 0 Å². The largest absolute Gasteiger partial charge is 0.371 e. The fraction of sp³-hybridized carbons (Fsp3) is 0.594. The maximum Gasteiger partial charge on any atom is 0.246 e. The molecule has 0 bridgehead atoms. The Morgan fingerprint density at radius 1 is 0.975 bits per heavy atom. The third-order valence-electron chi connectivity index (χ3n) is 8.71. The summed E-state index contributed by atoms with van der Waals surface area (Å²) in [4.78, 5) is 15.2. The van der Waals surface area contributed by atoms with Crippen LogP contribution < -0.4 is 5.32 Å². The molecule has 1 amide bonds. The molecule has 2 unspecified atom stereocenters. The summed E-state index contributed by atoms with van der Waals surface area (Å²) >= 11 is 0. The molecular weight excluding hydrogens is 522 g/mol. The quantitative estimate of drug-likeness (QED) is 0.382. The first-order valence-corrected chi connectivity index (χ1v) is 16.4. The number of nitrogens with one attached hydrogen (secondary N) is 1. The highest BCUT2D eigenvalue weighted by molar-refractivity contribution is 7.89. The first-order chi connectivity index (χ1) is 19.3. The van der Waals surface area contributed by atoms with Crippen LogP contribution in [0.4, 0.5) is 0 Å². The Kier molecular flexibility index (Phi) is 11.6. The zero-order chi connectivity index (χ0) is 28.4. The molecule has 8 heteroatoms. The predicted octanol–water partition coefficient (Wildman–Crippen LogP) is 4.59. The van der Waals surface area contributed by atoms with Crippen LogP contribution in [0.2, 0.25) is 0 Å². The summed E-state index contributed by atoms with van der Waals surface area (Å²) in [5, 5.41) is 3.08. The van der Waals surface area contributed by atoms with Crippen LogP contribution >= 0.6 is 0 Å². The Labute approximate surface area is 241 Å². The normalized spacial score (nSPS) is 23.1. The third kappa shape index (κ3) is 8.87. The van der Waals surface area contributed by atoms with Gasteiger partial charge in [0.15, 0.2) is 0 Å². The maximum absolute atomic E-state index is 13.0. The molecule has 1 heterocycles. The lowest BCUT2D eigenvalue weighted by Crippen LogP contribution is -2.41. The van der Waals surface area contributed by atoms with Crippen molar-refractivity contribution in [1.82, 2.24) is 14.5 Å². The summed E-state index contributed by atoms with van der Waals surface area (Å²) in [5.74, 6) is 1.24. The lowest BCUT2D eigenvalue weighted by atomic mass is 9.76. The number of nitrogens with zero attached hydrogens (tertiary/aromatic N) is 2. The Balaban J connectivity index is 1.12. The Morgan fingerprint density at radius 3 is 2.33 bits per heavy atom. The Morgan fingerprint density at radius 2 is 1.65 bits per heavy atom. The minimum Gasteiger partial charge on any atom is -0.371 e. The van der Waals surface area contributed by atoms with Crippen molar-refractivity contribution in [3.05, 3.63) is 66.2 Å². The first kappa shape index (κ1) is 30.7. The SMILES string of the molecule is CN(C)C(CCc1ccccc1)C1CCC(CNC(=O)COCC2CCCN(S(=O)(=O)c3ccccc3)C2)CC1. The number of carbonyl (C=O) groups is 1. The molecule has 220 valence electrons. The summed E-state index contributed by atoms with van der Waals surface area (Å²) in [6, 6.07) is 19.9. The van der Waals surface area contributed by atoms with Gasteiger partial charge in [-0.25, -0.2) is 8.42 Å². The molecule has 0 radical (unpaired) electrons. The van der Waals surface area contributed by atoms with E-state index in [1.165, 1.54) is 24.8 Å². The van der Waals surface area contributed by atoms with E-state index in [1.807, 2.05) is 6.07 Å². The Bertz CT molecular complexity index is 1140. The molecule has 1 saturated carbocycles. The Hall–Kier alpha value is -2.26. The molecule has 1 aliphatic heterocycles. The smallest absolute Gasteiger partial charge is 0.246 e. The summed E-state index contributed by atoms with van der Waals surface area (Å²) in [5.41, 5.74) is 1.41. The van der Waals surface area contributed by atoms with Crippen LogP contribution in [0.15, 0.2) is 65.6 Å². The molecule has 1 N–H and O–H groups in total. The molecule has 7 nitrogen and oxygen atoms in total. The number of piperidine rings is 1. The fourth-order valence-electron chi connectivity index (χ4n) is 6.40. The number of rotatable bonds is 13. The average molecular weight is 570 g/mol. The van der Waals surface area contributed by atoms with E-state index in [9.17, 15) is 13.2 Å². The number of ether oxygens (including phenoxy) is 1. The highest BCUT2D eigenvalue weighted by atomic mass is 32.2. The van der Waals surface area contributed by atoms with Crippen LogP contribution in [0.25, 0.3) is 0 Å². The van der Waals surface area contributed by atoms with E-state index in [0.717, 1.165) is 32.1 Å². The van der Waals surface area contributed by atoms with E-state index in [2.05, 4.69) is 54.6 Å². The van der Waals surface area contributed by atoms with E-state index in [0.29, 0.717) is 49.0 Å². The zero-order valence-corrected chi connectivity index (χ0v) is 25.0. The lowest BCUT2D eigenvalue weighted by Gasteiger charge is -2.37. The van der Waals surface area contributed by atoms with Gasteiger partial charge in [-0.15, -0.1) is 0 Å². The van der Waals surface area contributed by atoms with Gasteiger partial charge in [-0.2, -0.15) is 4.31 Å². The molecule has 2 fully saturated rings. The van der Waals surface area contributed by atoms with Crippen molar-refractivity contribution < 1.29 is 17.9 Å². The maximum atomic E-state index is 13.0. The van der Waals surface area contributed by atoms with E-state index >= 15 is 0 Å². The van der Waals surface area contributed by atoms with Crippen molar-refractivity contribution in [3.8, 4) is 0 Å². The molecule has 0 spiro atoms. The number of carbonyl (C=O) groups excluding carboxylic acids is 1. The van der Waals surface area contributed by atoms with Gasteiger partial charge in [-0.3, -0.25) is 4.79 Å². The first-order valence-electron chi connectivity index (χ1n) is 14.9. The molecule has 0 aromatic heterocycles. The second-order valence-electron chi connectivity index (χ2n) is 11.8. The number of amides is 1. The highest BCUT2D eigenvalue weighted by Gasteiger charge is 2.31. The van der Waals surface area contributed by atoms with Crippen LogP contribution in [-0.2, 0) is 26.0 Å². The van der Waals surface area contributed by atoms with Gasteiger partial charge in [0.2, 0.25) is 15.9 Å². The van der Waals surface area contributed by atoms with Crippen molar-refractivity contribution in [2.45, 2.75) is 62.3 Å². The van der Waals surface area contributed by atoms with Crippen molar-refractivity contribution in [1.29, 1.82) is 0 Å². The van der Waals surface area contributed by atoms with Crippen LogP contribution in [0.5, 0.6) is 0 Å². The predicted molar refractivity (Wildman–Crippen MR) is 159 cm³/mol. The zero-order valence-electron chi connectivity index (χ0n) is 24.2. The fourth-order valence-corrected chi connectivity index (χ4v) is 7.98. The molecule has 40 heavy (non-hydrogen) atoms. The van der Waals surface area contributed by atoms with E-state index in [4.69, 9.17) is 4.74 Å². The number of aryl methyl sites for hydroxylation is 1. The van der Waals surface area contributed by atoms with Crippen molar-refractivity contribution >= 4 is 15.9 Å². The van der Waals surface area contributed by atoms with E-state index in [1.54, 1.807) is 28.6 Å². The van der Waals surface area contributed by atoms with Crippen molar-refractivity contribution in [2.24, 2.45) is 17.8 Å². The molecule has 2 atom stereocenters.